The van der Waals surface area contributed by atoms with Gasteiger partial charge in [-0.05, 0) is 42.3 Å². The maximum Gasteiger partial charge on any atom is 0.123 e. The van der Waals surface area contributed by atoms with Crippen molar-refractivity contribution in [2.24, 2.45) is 0 Å². The fourth-order valence-corrected chi connectivity index (χ4v) is 2.12. The van der Waals surface area contributed by atoms with Gasteiger partial charge in [-0.25, -0.2) is 4.39 Å². The summed E-state index contributed by atoms with van der Waals surface area (Å²) >= 11 is 0. The fraction of sp³-hybridized carbons (Fsp3) is 0.294. The molecule has 2 rings (SSSR count). The summed E-state index contributed by atoms with van der Waals surface area (Å²) in [6.45, 7) is 2.52. The molecule has 0 saturated heterocycles. The number of ether oxygens (including phenoxy) is 1. The van der Waals surface area contributed by atoms with Crippen molar-refractivity contribution >= 4 is 0 Å². The first-order chi connectivity index (χ1) is 10.1. The molecule has 0 saturated carbocycles. The lowest BCUT2D eigenvalue weighted by atomic mass is 10.0. The third-order valence-corrected chi connectivity index (χ3v) is 3.45. The van der Waals surface area contributed by atoms with Gasteiger partial charge in [-0.2, -0.15) is 0 Å². The third-order valence-electron chi connectivity index (χ3n) is 3.45. The van der Waals surface area contributed by atoms with Crippen LogP contribution in [0.5, 0.6) is 5.75 Å². The van der Waals surface area contributed by atoms with Crippen LogP contribution in [0.25, 0.3) is 0 Å². The predicted molar refractivity (Wildman–Crippen MR) is 80.7 cm³/mol. The van der Waals surface area contributed by atoms with Crippen molar-refractivity contribution in [3.63, 3.8) is 0 Å². The molecular formula is C17H20FNO2. The average Bonchev–Trinajstić information content (AvgIpc) is 2.53. The lowest BCUT2D eigenvalue weighted by Gasteiger charge is -2.21. The van der Waals surface area contributed by atoms with Crippen LogP contribution in [0.1, 0.15) is 24.2 Å². The molecule has 21 heavy (non-hydrogen) atoms. The van der Waals surface area contributed by atoms with E-state index in [1.54, 1.807) is 19.2 Å². The second kappa shape index (κ2) is 7.20. The fourth-order valence-electron chi connectivity index (χ4n) is 2.12. The van der Waals surface area contributed by atoms with Gasteiger partial charge < -0.3 is 15.2 Å². The highest BCUT2D eigenvalue weighted by atomic mass is 19.1. The molecule has 0 radical (unpaired) electrons. The molecule has 2 N–H and O–H groups in total. The SMILES string of the molecule is COc1cccc(CNC(C)C(O)c2ccc(F)cc2)c1. The standard InChI is InChI=1S/C17H20FNO2/c1-12(17(20)14-6-8-15(18)9-7-14)19-11-13-4-3-5-16(10-13)21-2/h3-10,12,17,19-20H,11H2,1-2H3. The molecule has 2 aromatic carbocycles. The van der Waals surface area contributed by atoms with Crippen LogP contribution < -0.4 is 10.1 Å². The molecule has 0 aliphatic heterocycles. The van der Waals surface area contributed by atoms with Gasteiger partial charge in [0.1, 0.15) is 11.6 Å². The van der Waals surface area contributed by atoms with Crippen LogP contribution in [0.4, 0.5) is 4.39 Å². The van der Waals surface area contributed by atoms with E-state index in [9.17, 15) is 9.50 Å². The summed E-state index contributed by atoms with van der Waals surface area (Å²) in [5.74, 6) is 0.504. The summed E-state index contributed by atoms with van der Waals surface area (Å²) in [5.41, 5.74) is 1.77. The Hall–Kier alpha value is -1.91. The molecule has 2 unspecified atom stereocenters. The van der Waals surface area contributed by atoms with Gasteiger partial charge in [0, 0.05) is 12.6 Å². The Kier molecular flexibility index (Phi) is 5.31. The number of hydrogen-bond donors (Lipinski definition) is 2. The maximum atomic E-state index is 12.9. The van der Waals surface area contributed by atoms with E-state index in [0.717, 1.165) is 11.3 Å². The molecule has 0 bridgehead atoms. The Labute approximate surface area is 124 Å². The van der Waals surface area contributed by atoms with Gasteiger partial charge in [-0.3, -0.25) is 0 Å². The van der Waals surface area contributed by atoms with Gasteiger partial charge in [0.05, 0.1) is 13.2 Å². The number of nitrogens with one attached hydrogen (secondary N) is 1. The van der Waals surface area contributed by atoms with E-state index < -0.39 is 6.10 Å². The Morgan fingerprint density at radius 3 is 2.57 bits per heavy atom. The smallest absolute Gasteiger partial charge is 0.123 e. The van der Waals surface area contributed by atoms with E-state index in [0.29, 0.717) is 12.1 Å². The number of halogens is 1. The van der Waals surface area contributed by atoms with Gasteiger partial charge >= 0.3 is 0 Å². The summed E-state index contributed by atoms with van der Waals surface area (Å²) in [6, 6.07) is 13.5. The van der Waals surface area contributed by atoms with Crippen LogP contribution in [0.2, 0.25) is 0 Å². The summed E-state index contributed by atoms with van der Waals surface area (Å²) in [7, 11) is 1.63. The first kappa shape index (κ1) is 15.5. The molecule has 0 spiro atoms. The second-order valence-electron chi connectivity index (χ2n) is 5.02. The number of aliphatic hydroxyl groups is 1. The Balaban J connectivity index is 1.94. The molecule has 0 aliphatic carbocycles. The summed E-state index contributed by atoms with van der Waals surface area (Å²) < 4.78 is 18.1. The zero-order valence-corrected chi connectivity index (χ0v) is 12.2. The third kappa shape index (κ3) is 4.28. The average molecular weight is 289 g/mol. The molecule has 0 fully saturated rings. The lowest BCUT2D eigenvalue weighted by molar-refractivity contribution is 0.135. The van der Waals surface area contributed by atoms with Crippen molar-refractivity contribution in [1.82, 2.24) is 5.32 Å². The highest BCUT2D eigenvalue weighted by Crippen LogP contribution is 2.18. The first-order valence-corrected chi connectivity index (χ1v) is 6.90. The Bertz CT molecular complexity index is 571. The zero-order valence-electron chi connectivity index (χ0n) is 12.2. The summed E-state index contributed by atoms with van der Waals surface area (Å²) in [4.78, 5) is 0. The largest absolute Gasteiger partial charge is 0.497 e. The number of methoxy groups -OCH3 is 1. The predicted octanol–water partition coefficient (Wildman–Crippen LogP) is 3.05. The normalized spacial score (nSPS) is 13.7. The molecule has 0 amide bonds. The monoisotopic (exact) mass is 289 g/mol. The van der Waals surface area contributed by atoms with Crippen LogP contribution in [0.3, 0.4) is 0 Å². The molecular weight excluding hydrogens is 269 g/mol. The quantitative estimate of drug-likeness (QED) is 0.859. The van der Waals surface area contributed by atoms with Gasteiger partial charge in [-0.15, -0.1) is 0 Å². The molecule has 2 aromatic rings. The molecule has 3 nitrogen and oxygen atoms in total. The van der Waals surface area contributed by atoms with Crippen molar-refractivity contribution < 1.29 is 14.2 Å². The number of hydrogen-bond acceptors (Lipinski definition) is 3. The van der Waals surface area contributed by atoms with Crippen molar-refractivity contribution in [3.8, 4) is 5.75 Å². The van der Waals surface area contributed by atoms with E-state index in [2.05, 4.69) is 5.32 Å². The summed E-state index contributed by atoms with van der Waals surface area (Å²) in [5, 5.41) is 13.5. The molecule has 2 atom stereocenters. The minimum Gasteiger partial charge on any atom is -0.497 e. The van der Waals surface area contributed by atoms with Gasteiger partial charge in [0.2, 0.25) is 0 Å². The van der Waals surface area contributed by atoms with Crippen molar-refractivity contribution in [2.75, 3.05) is 7.11 Å². The number of rotatable bonds is 6. The molecule has 0 heterocycles. The van der Waals surface area contributed by atoms with Gasteiger partial charge in [0.15, 0.2) is 0 Å². The van der Waals surface area contributed by atoms with E-state index in [1.165, 1.54) is 12.1 Å². The maximum absolute atomic E-state index is 12.9. The van der Waals surface area contributed by atoms with Gasteiger partial charge in [0.25, 0.3) is 0 Å². The van der Waals surface area contributed by atoms with Crippen LogP contribution in [-0.2, 0) is 6.54 Å². The molecule has 0 aromatic heterocycles. The minimum atomic E-state index is -0.684. The van der Waals surface area contributed by atoms with E-state index in [-0.39, 0.29) is 11.9 Å². The van der Waals surface area contributed by atoms with Crippen LogP contribution >= 0.6 is 0 Å². The van der Waals surface area contributed by atoms with Crippen LogP contribution in [0.15, 0.2) is 48.5 Å². The van der Waals surface area contributed by atoms with Crippen LogP contribution in [0, 0.1) is 5.82 Å². The topological polar surface area (TPSA) is 41.5 Å². The van der Waals surface area contributed by atoms with Crippen molar-refractivity contribution in [3.05, 3.63) is 65.5 Å². The number of aliphatic hydroxyl groups excluding tert-OH is 1. The zero-order chi connectivity index (χ0) is 15.2. The van der Waals surface area contributed by atoms with E-state index in [4.69, 9.17) is 4.74 Å². The molecule has 112 valence electrons. The number of benzene rings is 2. The minimum absolute atomic E-state index is 0.151. The molecule has 4 heteroatoms. The second-order valence-corrected chi connectivity index (χ2v) is 5.02. The highest BCUT2D eigenvalue weighted by molar-refractivity contribution is 5.28. The first-order valence-electron chi connectivity index (χ1n) is 6.90. The van der Waals surface area contributed by atoms with Crippen molar-refractivity contribution in [2.45, 2.75) is 25.6 Å². The summed E-state index contributed by atoms with van der Waals surface area (Å²) in [6.07, 6.45) is -0.684. The molecule has 0 aliphatic rings. The Morgan fingerprint density at radius 1 is 1.19 bits per heavy atom. The van der Waals surface area contributed by atoms with Crippen molar-refractivity contribution in [1.29, 1.82) is 0 Å². The highest BCUT2D eigenvalue weighted by Gasteiger charge is 2.15. The van der Waals surface area contributed by atoms with E-state index in [1.807, 2.05) is 31.2 Å². The lowest BCUT2D eigenvalue weighted by Crippen LogP contribution is -2.31. The van der Waals surface area contributed by atoms with E-state index >= 15 is 0 Å². The van der Waals surface area contributed by atoms with Crippen LogP contribution in [-0.4, -0.2) is 18.3 Å². The Morgan fingerprint density at radius 2 is 1.90 bits per heavy atom. The van der Waals surface area contributed by atoms with Gasteiger partial charge in [-0.1, -0.05) is 24.3 Å².